The van der Waals surface area contributed by atoms with Gasteiger partial charge in [-0.1, -0.05) is 36.4 Å². The molecule has 2 heterocycles. The first-order valence-electron chi connectivity index (χ1n) is 12.4. The third-order valence-electron chi connectivity index (χ3n) is 7.12. The van der Waals surface area contributed by atoms with Crippen LogP contribution in [-0.2, 0) is 11.2 Å². The fourth-order valence-corrected chi connectivity index (χ4v) is 5.28. The van der Waals surface area contributed by atoms with Crippen LogP contribution in [0.2, 0.25) is 0 Å². The summed E-state index contributed by atoms with van der Waals surface area (Å²) in [5, 5.41) is 3.14. The zero-order valence-electron chi connectivity index (χ0n) is 20.9. The predicted molar refractivity (Wildman–Crippen MR) is 141 cm³/mol. The van der Waals surface area contributed by atoms with Crippen LogP contribution in [0.25, 0.3) is 0 Å². The van der Waals surface area contributed by atoms with Crippen LogP contribution in [0.15, 0.2) is 72.8 Å². The van der Waals surface area contributed by atoms with E-state index >= 15 is 0 Å². The number of para-hydroxylation sites is 2. The smallest absolute Gasteiger partial charge is 0.229 e. The number of anilines is 2. The highest BCUT2D eigenvalue weighted by molar-refractivity contribution is 5.94. The highest BCUT2D eigenvalue weighted by Gasteiger charge is 2.41. The topological polar surface area (TPSA) is 63.3 Å². The number of hydrogen-bond donors (Lipinski definition) is 1. The van der Waals surface area contributed by atoms with Gasteiger partial charge in [-0.25, -0.2) is 0 Å². The van der Waals surface area contributed by atoms with Crippen LogP contribution < -0.4 is 24.4 Å². The van der Waals surface area contributed by atoms with Gasteiger partial charge in [0, 0.05) is 43.6 Å². The van der Waals surface area contributed by atoms with Crippen molar-refractivity contribution in [1.29, 1.82) is 0 Å². The Morgan fingerprint density at radius 2 is 1.72 bits per heavy atom. The van der Waals surface area contributed by atoms with Crippen molar-refractivity contribution in [3.05, 3.63) is 78.4 Å². The molecule has 7 nitrogen and oxygen atoms in total. The maximum Gasteiger partial charge on any atom is 0.229 e. The number of rotatable bonds is 8. The summed E-state index contributed by atoms with van der Waals surface area (Å²) in [6.45, 7) is 4.08. The number of nitrogens with one attached hydrogen (secondary N) is 1. The fourth-order valence-electron chi connectivity index (χ4n) is 5.28. The molecule has 36 heavy (non-hydrogen) atoms. The number of amides is 1. The Labute approximate surface area is 212 Å². The van der Waals surface area contributed by atoms with Crippen molar-refractivity contribution in [1.82, 2.24) is 4.90 Å². The van der Waals surface area contributed by atoms with Gasteiger partial charge in [0.15, 0.2) is 11.5 Å². The highest BCUT2D eigenvalue weighted by atomic mass is 16.5. The molecule has 3 aromatic carbocycles. The van der Waals surface area contributed by atoms with E-state index in [4.69, 9.17) is 14.2 Å². The van der Waals surface area contributed by atoms with Gasteiger partial charge in [0.25, 0.3) is 0 Å². The van der Waals surface area contributed by atoms with Crippen molar-refractivity contribution in [3.63, 3.8) is 0 Å². The van der Waals surface area contributed by atoms with Gasteiger partial charge in [-0.05, 0) is 42.3 Å². The highest BCUT2D eigenvalue weighted by Crippen LogP contribution is 2.37. The van der Waals surface area contributed by atoms with Crippen molar-refractivity contribution in [2.75, 3.05) is 57.2 Å². The summed E-state index contributed by atoms with van der Waals surface area (Å²) >= 11 is 0. The Bertz CT molecular complexity index is 1190. The van der Waals surface area contributed by atoms with E-state index in [1.54, 1.807) is 20.3 Å². The number of benzene rings is 3. The molecule has 0 spiro atoms. The van der Waals surface area contributed by atoms with Gasteiger partial charge in [0.05, 0.1) is 26.2 Å². The summed E-state index contributed by atoms with van der Waals surface area (Å²) < 4.78 is 16.7. The number of piperazine rings is 1. The van der Waals surface area contributed by atoms with Gasteiger partial charge < -0.3 is 24.4 Å². The van der Waals surface area contributed by atoms with Crippen LogP contribution in [-0.4, -0.2) is 63.9 Å². The molecule has 2 atom stereocenters. The number of ether oxygens (including phenoxy) is 3. The fraction of sp³-hybridized carbons (Fsp3) is 0.345. The first-order valence-corrected chi connectivity index (χ1v) is 12.4. The van der Waals surface area contributed by atoms with Gasteiger partial charge >= 0.3 is 0 Å². The molecular weight excluding hydrogens is 454 g/mol. The number of hydrogen-bond acceptors (Lipinski definition) is 6. The summed E-state index contributed by atoms with van der Waals surface area (Å²) in [6.07, 6.45) is 0.713. The molecule has 2 aliphatic rings. The van der Waals surface area contributed by atoms with E-state index in [0.717, 1.165) is 31.9 Å². The van der Waals surface area contributed by atoms with E-state index < -0.39 is 0 Å². The summed E-state index contributed by atoms with van der Waals surface area (Å²) in [4.78, 5) is 18.5. The molecule has 0 saturated carbocycles. The molecule has 188 valence electrons. The number of fused-ring (bicyclic) bond motifs is 3. The van der Waals surface area contributed by atoms with Crippen molar-refractivity contribution in [2.45, 2.75) is 12.5 Å². The first-order chi connectivity index (χ1) is 17.7. The lowest BCUT2D eigenvalue weighted by Crippen LogP contribution is -2.60. The standard InChI is InChI=1S/C29H33N3O4/c1-34-27-13-12-22(19-28(27)35-2)30-29(33)24-18-21-8-6-7-11-25(21)32-15-14-31(20-26(24)32)16-17-36-23-9-4-3-5-10-23/h3-13,19,24,26H,14-18,20H2,1-2H3,(H,30,33)/t24-,26-/m0/s1. The second-order valence-electron chi connectivity index (χ2n) is 9.22. The molecule has 0 radical (unpaired) electrons. The minimum absolute atomic E-state index is 0.0223. The first kappa shape index (κ1) is 24.0. The molecule has 1 fully saturated rings. The van der Waals surface area contributed by atoms with E-state index in [-0.39, 0.29) is 17.9 Å². The lowest BCUT2D eigenvalue weighted by atomic mass is 9.83. The molecule has 1 saturated heterocycles. The summed E-state index contributed by atoms with van der Waals surface area (Å²) in [7, 11) is 3.20. The molecule has 1 N–H and O–H groups in total. The van der Waals surface area contributed by atoms with Crippen LogP contribution in [0.3, 0.4) is 0 Å². The Morgan fingerprint density at radius 3 is 2.53 bits per heavy atom. The molecule has 1 amide bonds. The molecule has 0 unspecified atom stereocenters. The van der Waals surface area contributed by atoms with E-state index in [1.165, 1.54) is 11.3 Å². The lowest BCUT2D eigenvalue weighted by molar-refractivity contribution is -0.121. The molecule has 5 rings (SSSR count). The van der Waals surface area contributed by atoms with E-state index in [0.29, 0.717) is 30.2 Å². The Hall–Kier alpha value is -3.71. The molecule has 0 aromatic heterocycles. The molecule has 0 aliphatic carbocycles. The number of carbonyl (C=O) groups excluding carboxylic acids is 1. The second-order valence-corrected chi connectivity index (χ2v) is 9.22. The number of carbonyl (C=O) groups is 1. The summed E-state index contributed by atoms with van der Waals surface area (Å²) in [6, 6.07) is 23.9. The second kappa shape index (κ2) is 10.9. The Balaban J connectivity index is 1.31. The van der Waals surface area contributed by atoms with Crippen LogP contribution in [0.1, 0.15) is 5.56 Å². The molecule has 7 heteroatoms. The Kier molecular flexibility index (Phi) is 7.28. The van der Waals surface area contributed by atoms with E-state index in [1.807, 2.05) is 42.5 Å². The van der Waals surface area contributed by atoms with Crippen LogP contribution >= 0.6 is 0 Å². The van der Waals surface area contributed by atoms with Gasteiger partial charge in [0.1, 0.15) is 12.4 Å². The molecule has 2 aliphatic heterocycles. The number of nitrogens with zero attached hydrogens (tertiary/aromatic N) is 2. The van der Waals surface area contributed by atoms with Crippen molar-refractivity contribution in [3.8, 4) is 17.2 Å². The third kappa shape index (κ3) is 5.11. The zero-order chi connectivity index (χ0) is 24.9. The third-order valence-corrected chi connectivity index (χ3v) is 7.12. The van der Waals surface area contributed by atoms with Gasteiger partial charge in [-0.2, -0.15) is 0 Å². The van der Waals surface area contributed by atoms with Crippen molar-refractivity contribution in [2.24, 2.45) is 5.92 Å². The zero-order valence-corrected chi connectivity index (χ0v) is 20.9. The normalized spacial score (nSPS) is 19.1. The van der Waals surface area contributed by atoms with Crippen molar-refractivity contribution < 1.29 is 19.0 Å². The minimum atomic E-state index is -0.175. The SMILES string of the molecule is COc1ccc(NC(=O)[C@H]2Cc3ccccc3N3CCN(CCOc4ccccc4)C[C@@H]23)cc1OC. The quantitative estimate of drug-likeness (QED) is 0.517. The maximum atomic E-state index is 13.6. The van der Waals surface area contributed by atoms with Crippen LogP contribution in [0.4, 0.5) is 11.4 Å². The van der Waals surface area contributed by atoms with Gasteiger partial charge in [-0.3, -0.25) is 9.69 Å². The molecule has 3 aromatic rings. The van der Waals surface area contributed by atoms with Gasteiger partial charge in [0.2, 0.25) is 5.91 Å². The van der Waals surface area contributed by atoms with E-state index in [2.05, 4.69) is 39.4 Å². The largest absolute Gasteiger partial charge is 0.493 e. The maximum absolute atomic E-state index is 13.6. The average Bonchev–Trinajstić information content (AvgIpc) is 2.93. The lowest BCUT2D eigenvalue weighted by Gasteiger charge is -2.49. The molecule has 0 bridgehead atoms. The van der Waals surface area contributed by atoms with Gasteiger partial charge in [-0.15, -0.1) is 0 Å². The monoisotopic (exact) mass is 487 g/mol. The minimum Gasteiger partial charge on any atom is -0.493 e. The van der Waals surface area contributed by atoms with Crippen LogP contribution in [0.5, 0.6) is 17.2 Å². The van der Waals surface area contributed by atoms with Crippen LogP contribution in [0, 0.1) is 5.92 Å². The number of methoxy groups -OCH3 is 2. The summed E-state index contributed by atoms with van der Waals surface area (Å²) in [5.41, 5.74) is 3.17. The van der Waals surface area contributed by atoms with E-state index in [9.17, 15) is 4.79 Å². The average molecular weight is 488 g/mol. The predicted octanol–water partition coefficient (Wildman–Crippen LogP) is 4.08. The Morgan fingerprint density at radius 1 is 0.944 bits per heavy atom. The molecular formula is C29H33N3O4. The van der Waals surface area contributed by atoms with Crippen molar-refractivity contribution >= 4 is 17.3 Å². The summed E-state index contributed by atoms with van der Waals surface area (Å²) in [5.74, 6) is 1.96.